The molecule has 0 unspecified atom stereocenters. The Morgan fingerprint density at radius 2 is 1.80 bits per heavy atom. The number of nitrogen functional groups attached to an aromatic ring is 1. The largest absolute Gasteiger partial charge is 0.494 e. The van der Waals surface area contributed by atoms with Crippen molar-refractivity contribution in [3.05, 3.63) is 54.1 Å². The van der Waals surface area contributed by atoms with E-state index in [0.29, 0.717) is 6.61 Å². The van der Waals surface area contributed by atoms with Crippen LogP contribution < -0.4 is 15.4 Å². The summed E-state index contributed by atoms with van der Waals surface area (Å²) in [7, 11) is 0. The first-order valence-corrected chi connectivity index (χ1v) is 7.05. The summed E-state index contributed by atoms with van der Waals surface area (Å²) in [6.45, 7) is 6.54. The molecule has 20 heavy (non-hydrogen) atoms. The first-order valence-electron chi connectivity index (χ1n) is 7.05. The summed E-state index contributed by atoms with van der Waals surface area (Å²) >= 11 is 0. The number of rotatable bonds is 6. The summed E-state index contributed by atoms with van der Waals surface area (Å²) in [4.78, 5) is 2.30. The van der Waals surface area contributed by atoms with Gasteiger partial charge in [0.05, 0.1) is 6.61 Å². The lowest BCUT2D eigenvalue weighted by Gasteiger charge is -2.24. The van der Waals surface area contributed by atoms with Crippen LogP contribution in [0.2, 0.25) is 0 Å². The Morgan fingerprint density at radius 1 is 1.05 bits per heavy atom. The van der Waals surface area contributed by atoms with E-state index >= 15 is 0 Å². The minimum Gasteiger partial charge on any atom is -0.494 e. The van der Waals surface area contributed by atoms with Crippen LogP contribution in [0.4, 0.5) is 11.4 Å². The summed E-state index contributed by atoms with van der Waals surface area (Å²) in [6, 6.07) is 16.2. The van der Waals surface area contributed by atoms with E-state index in [1.807, 2.05) is 31.2 Å². The maximum atomic E-state index is 5.91. The van der Waals surface area contributed by atoms with Gasteiger partial charge < -0.3 is 15.4 Å². The number of anilines is 2. The highest BCUT2D eigenvalue weighted by Gasteiger charge is 2.10. The van der Waals surface area contributed by atoms with Crippen molar-refractivity contribution in [3.63, 3.8) is 0 Å². The number of hydrogen-bond acceptors (Lipinski definition) is 3. The van der Waals surface area contributed by atoms with Gasteiger partial charge in [0, 0.05) is 30.0 Å². The Kier molecular flexibility index (Phi) is 4.88. The van der Waals surface area contributed by atoms with Crippen molar-refractivity contribution in [2.45, 2.75) is 20.4 Å². The summed E-state index contributed by atoms with van der Waals surface area (Å²) < 4.78 is 5.69. The molecular formula is C17H22N2O. The Hall–Kier alpha value is -2.16. The fourth-order valence-electron chi connectivity index (χ4n) is 2.25. The molecule has 0 atom stereocenters. The van der Waals surface area contributed by atoms with Gasteiger partial charge in [0.25, 0.3) is 0 Å². The summed E-state index contributed by atoms with van der Waals surface area (Å²) in [5, 5.41) is 0. The molecule has 0 fully saturated rings. The number of nitrogens with two attached hydrogens (primary N) is 1. The molecule has 0 aliphatic carbocycles. The highest BCUT2D eigenvalue weighted by Crippen LogP contribution is 2.25. The minimum atomic E-state index is 0.661. The van der Waals surface area contributed by atoms with E-state index in [-0.39, 0.29) is 0 Å². The third kappa shape index (κ3) is 3.44. The molecule has 0 aliphatic heterocycles. The van der Waals surface area contributed by atoms with Gasteiger partial charge in [0.1, 0.15) is 5.75 Å². The lowest BCUT2D eigenvalue weighted by atomic mass is 10.1. The van der Waals surface area contributed by atoms with Gasteiger partial charge in [-0.1, -0.05) is 18.2 Å². The van der Waals surface area contributed by atoms with Crippen LogP contribution in [-0.2, 0) is 6.54 Å². The molecule has 2 N–H and O–H groups in total. The maximum Gasteiger partial charge on any atom is 0.124 e. The molecule has 0 aliphatic rings. The summed E-state index contributed by atoms with van der Waals surface area (Å²) in [5.41, 5.74) is 9.01. The van der Waals surface area contributed by atoms with Gasteiger partial charge in [-0.05, 0) is 44.2 Å². The molecule has 0 saturated carbocycles. The van der Waals surface area contributed by atoms with Crippen molar-refractivity contribution in [1.29, 1.82) is 0 Å². The maximum absolute atomic E-state index is 5.91. The van der Waals surface area contributed by atoms with Gasteiger partial charge in [0.2, 0.25) is 0 Å². The second-order valence-corrected chi connectivity index (χ2v) is 4.65. The molecule has 0 saturated heterocycles. The van der Waals surface area contributed by atoms with Gasteiger partial charge in [-0.3, -0.25) is 0 Å². The monoisotopic (exact) mass is 270 g/mol. The van der Waals surface area contributed by atoms with E-state index in [0.717, 1.165) is 30.1 Å². The van der Waals surface area contributed by atoms with Gasteiger partial charge in [-0.2, -0.15) is 0 Å². The topological polar surface area (TPSA) is 38.5 Å². The number of nitrogens with zero attached hydrogens (tertiary/aromatic N) is 1. The van der Waals surface area contributed by atoms with Crippen LogP contribution in [-0.4, -0.2) is 13.2 Å². The minimum absolute atomic E-state index is 0.661. The van der Waals surface area contributed by atoms with Crippen LogP contribution in [0.1, 0.15) is 19.4 Å². The average molecular weight is 270 g/mol. The quantitative estimate of drug-likeness (QED) is 0.813. The highest BCUT2D eigenvalue weighted by molar-refractivity contribution is 5.52. The second kappa shape index (κ2) is 6.85. The molecule has 106 valence electrons. The fraction of sp³-hybridized carbons (Fsp3) is 0.294. The van der Waals surface area contributed by atoms with E-state index in [2.05, 4.69) is 36.1 Å². The lowest BCUT2D eigenvalue weighted by Crippen LogP contribution is -2.22. The smallest absolute Gasteiger partial charge is 0.124 e. The zero-order valence-electron chi connectivity index (χ0n) is 12.2. The molecule has 0 radical (unpaired) electrons. The third-order valence-electron chi connectivity index (χ3n) is 3.25. The predicted molar refractivity (Wildman–Crippen MR) is 85.2 cm³/mol. The first-order chi connectivity index (χ1) is 9.74. The van der Waals surface area contributed by atoms with E-state index in [1.54, 1.807) is 0 Å². The average Bonchev–Trinajstić information content (AvgIpc) is 2.48. The van der Waals surface area contributed by atoms with E-state index < -0.39 is 0 Å². The normalized spacial score (nSPS) is 10.3. The summed E-state index contributed by atoms with van der Waals surface area (Å²) in [6.07, 6.45) is 0. The molecule has 2 aromatic rings. The number of ether oxygens (including phenoxy) is 1. The number of para-hydroxylation sites is 1. The van der Waals surface area contributed by atoms with Crippen molar-refractivity contribution in [2.24, 2.45) is 0 Å². The van der Waals surface area contributed by atoms with Crippen molar-refractivity contribution < 1.29 is 4.74 Å². The Balaban J connectivity index is 2.25. The van der Waals surface area contributed by atoms with E-state index in [4.69, 9.17) is 10.5 Å². The van der Waals surface area contributed by atoms with Crippen LogP contribution in [0.25, 0.3) is 0 Å². The lowest BCUT2D eigenvalue weighted by molar-refractivity contribution is 0.336. The number of hydrogen-bond donors (Lipinski definition) is 1. The van der Waals surface area contributed by atoms with Crippen molar-refractivity contribution >= 4 is 11.4 Å². The Bertz CT molecular complexity index is 540. The van der Waals surface area contributed by atoms with Crippen LogP contribution >= 0.6 is 0 Å². The van der Waals surface area contributed by atoms with Gasteiger partial charge >= 0.3 is 0 Å². The van der Waals surface area contributed by atoms with E-state index in [9.17, 15) is 0 Å². The van der Waals surface area contributed by atoms with E-state index in [1.165, 1.54) is 5.69 Å². The third-order valence-corrected chi connectivity index (χ3v) is 3.25. The molecule has 0 amide bonds. The standard InChI is InChI=1S/C17H22N2O/c1-3-19(16-8-6-5-7-9-16)13-14-12-15(18)10-11-17(14)20-4-2/h5-12H,3-4,13,18H2,1-2H3. The van der Waals surface area contributed by atoms with Crippen LogP contribution in [0, 0.1) is 0 Å². The van der Waals surface area contributed by atoms with Crippen molar-refractivity contribution in [2.75, 3.05) is 23.8 Å². The fourth-order valence-corrected chi connectivity index (χ4v) is 2.25. The predicted octanol–water partition coefficient (Wildman–Crippen LogP) is 3.69. The van der Waals surface area contributed by atoms with Crippen LogP contribution in [0.3, 0.4) is 0 Å². The Labute approximate surface area is 121 Å². The van der Waals surface area contributed by atoms with Crippen molar-refractivity contribution in [3.8, 4) is 5.75 Å². The Morgan fingerprint density at radius 3 is 2.45 bits per heavy atom. The molecule has 3 nitrogen and oxygen atoms in total. The zero-order valence-corrected chi connectivity index (χ0v) is 12.2. The van der Waals surface area contributed by atoms with Crippen molar-refractivity contribution in [1.82, 2.24) is 0 Å². The van der Waals surface area contributed by atoms with Gasteiger partial charge in [-0.25, -0.2) is 0 Å². The molecule has 0 bridgehead atoms. The molecule has 2 rings (SSSR count). The molecular weight excluding hydrogens is 248 g/mol. The highest BCUT2D eigenvalue weighted by atomic mass is 16.5. The number of benzene rings is 2. The first kappa shape index (κ1) is 14.3. The van der Waals surface area contributed by atoms with Gasteiger partial charge in [-0.15, -0.1) is 0 Å². The molecule has 0 spiro atoms. The van der Waals surface area contributed by atoms with Crippen LogP contribution in [0.5, 0.6) is 5.75 Å². The van der Waals surface area contributed by atoms with Crippen LogP contribution in [0.15, 0.2) is 48.5 Å². The zero-order chi connectivity index (χ0) is 14.4. The molecule has 3 heteroatoms. The summed E-state index contributed by atoms with van der Waals surface area (Å²) in [5.74, 6) is 0.913. The second-order valence-electron chi connectivity index (χ2n) is 4.65. The molecule has 0 heterocycles. The molecule has 2 aromatic carbocycles. The van der Waals surface area contributed by atoms with Gasteiger partial charge in [0.15, 0.2) is 0 Å². The molecule has 0 aromatic heterocycles. The SMILES string of the molecule is CCOc1ccc(N)cc1CN(CC)c1ccccc1.